The first-order valence-corrected chi connectivity index (χ1v) is 9.14. The van der Waals surface area contributed by atoms with Crippen LogP contribution in [0.2, 0.25) is 0 Å². The molecule has 5 nitrogen and oxygen atoms in total. The molecule has 0 N–H and O–H groups in total. The lowest BCUT2D eigenvalue weighted by Crippen LogP contribution is -2.39. The number of hydrogen-bond acceptors (Lipinski definition) is 3. The molecule has 3 heterocycles. The van der Waals surface area contributed by atoms with Gasteiger partial charge in [0.15, 0.2) is 0 Å². The number of likely N-dealkylation sites (tertiary alicyclic amines) is 1. The van der Waals surface area contributed by atoms with Crippen LogP contribution >= 0.6 is 0 Å². The van der Waals surface area contributed by atoms with Gasteiger partial charge in [0.1, 0.15) is 5.82 Å². The SMILES string of the molecule is Cn1cc(-c2ccncc2)c([C@@H]2CCCCN2C(=O)c2cccc(F)c2)n1. The average molecular weight is 364 g/mol. The van der Waals surface area contributed by atoms with Gasteiger partial charge in [0.25, 0.3) is 5.91 Å². The summed E-state index contributed by atoms with van der Waals surface area (Å²) >= 11 is 0. The molecule has 0 saturated carbocycles. The largest absolute Gasteiger partial charge is 0.330 e. The number of aryl methyl sites for hydroxylation is 1. The lowest BCUT2D eigenvalue weighted by molar-refractivity contribution is 0.0605. The highest BCUT2D eigenvalue weighted by atomic mass is 19.1. The summed E-state index contributed by atoms with van der Waals surface area (Å²) in [5.74, 6) is -0.546. The number of rotatable bonds is 3. The normalized spacial score (nSPS) is 17.1. The second-order valence-electron chi connectivity index (χ2n) is 6.86. The molecule has 0 aliphatic carbocycles. The molecule has 1 aliphatic heterocycles. The van der Waals surface area contributed by atoms with Crippen LogP contribution in [0.3, 0.4) is 0 Å². The molecule has 0 bridgehead atoms. The topological polar surface area (TPSA) is 51.0 Å². The van der Waals surface area contributed by atoms with Crippen molar-refractivity contribution in [2.24, 2.45) is 7.05 Å². The fraction of sp³-hybridized carbons (Fsp3) is 0.286. The van der Waals surface area contributed by atoms with Gasteiger partial charge in [-0.25, -0.2) is 4.39 Å². The number of carbonyl (C=O) groups excluding carboxylic acids is 1. The lowest BCUT2D eigenvalue weighted by atomic mass is 9.94. The number of aromatic nitrogens is 3. The Kier molecular flexibility index (Phi) is 4.71. The van der Waals surface area contributed by atoms with Crippen LogP contribution in [-0.2, 0) is 7.05 Å². The Morgan fingerprint density at radius 2 is 2.00 bits per heavy atom. The van der Waals surface area contributed by atoms with E-state index in [9.17, 15) is 9.18 Å². The Morgan fingerprint density at radius 1 is 1.19 bits per heavy atom. The summed E-state index contributed by atoms with van der Waals surface area (Å²) in [6.45, 7) is 0.645. The van der Waals surface area contributed by atoms with Crippen molar-refractivity contribution in [3.8, 4) is 11.1 Å². The quantitative estimate of drug-likeness (QED) is 0.706. The van der Waals surface area contributed by atoms with Gasteiger partial charge >= 0.3 is 0 Å². The molecule has 27 heavy (non-hydrogen) atoms. The van der Waals surface area contributed by atoms with Crippen molar-refractivity contribution in [3.63, 3.8) is 0 Å². The second-order valence-corrected chi connectivity index (χ2v) is 6.86. The fourth-order valence-corrected chi connectivity index (χ4v) is 3.75. The van der Waals surface area contributed by atoms with E-state index in [2.05, 4.69) is 10.1 Å². The molecule has 1 fully saturated rings. The maximum atomic E-state index is 13.6. The zero-order valence-electron chi connectivity index (χ0n) is 15.2. The van der Waals surface area contributed by atoms with Crippen LogP contribution in [-0.4, -0.2) is 32.1 Å². The maximum Gasteiger partial charge on any atom is 0.254 e. The lowest BCUT2D eigenvalue weighted by Gasteiger charge is -2.35. The van der Waals surface area contributed by atoms with E-state index in [-0.39, 0.29) is 11.9 Å². The number of piperidine rings is 1. The van der Waals surface area contributed by atoms with Crippen molar-refractivity contribution in [2.75, 3.05) is 6.54 Å². The average Bonchev–Trinajstić information content (AvgIpc) is 3.10. The first-order chi connectivity index (χ1) is 13.1. The van der Waals surface area contributed by atoms with E-state index in [1.54, 1.807) is 29.2 Å². The molecule has 4 rings (SSSR count). The van der Waals surface area contributed by atoms with Gasteiger partial charge in [-0.15, -0.1) is 0 Å². The smallest absolute Gasteiger partial charge is 0.254 e. The van der Waals surface area contributed by atoms with Gasteiger partial charge in [-0.05, 0) is 55.2 Å². The highest BCUT2D eigenvalue weighted by Gasteiger charge is 2.32. The summed E-state index contributed by atoms with van der Waals surface area (Å²) in [6.07, 6.45) is 8.30. The third kappa shape index (κ3) is 3.47. The van der Waals surface area contributed by atoms with Gasteiger partial charge in [0.2, 0.25) is 0 Å². The molecule has 2 aromatic heterocycles. The molecule has 1 saturated heterocycles. The summed E-state index contributed by atoms with van der Waals surface area (Å²) in [6, 6.07) is 9.66. The standard InChI is InChI=1S/C21H21FN4O/c1-25-14-18(15-8-10-23-11-9-15)20(24-25)19-7-2-3-12-26(19)21(27)16-5-4-6-17(22)13-16/h4-6,8-11,13-14,19H,2-3,7,12H2,1H3/t19-/m0/s1. The molecule has 1 atom stereocenters. The number of pyridine rings is 1. The minimum absolute atomic E-state index is 0.126. The summed E-state index contributed by atoms with van der Waals surface area (Å²) in [5.41, 5.74) is 3.29. The summed E-state index contributed by atoms with van der Waals surface area (Å²) in [5, 5.41) is 4.68. The van der Waals surface area contributed by atoms with Crippen molar-refractivity contribution in [2.45, 2.75) is 25.3 Å². The molecule has 1 aromatic carbocycles. The molecule has 0 unspecified atom stereocenters. The predicted molar refractivity (Wildman–Crippen MR) is 100 cm³/mol. The van der Waals surface area contributed by atoms with Gasteiger partial charge in [0, 0.05) is 43.3 Å². The number of halogens is 1. The van der Waals surface area contributed by atoms with Crippen LogP contribution in [0.25, 0.3) is 11.1 Å². The van der Waals surface area contributed by atoms with Crippen molar-refractivity contribution in [3.05, 3.63) is 72.1 Å². The third-order valence-corrected chi connectivity index (χ3v) is 5.00. The molecule has 6 heteroatoms. The molecule has 138 valence electrons. The zero-order chi connectivity index (χ0) is 18.8. The van der Waals surface area contributed by atoms with Gasteiger partial charge in [-0.2, -0.15) is 5.10 Å². The van der Waals surface area contributed by atoms with E-state index >= 15 is 0 Å². The van der Waals surface area contributed by atoms with E-state index < -0.39 is 5.82 Å². The van der Waals surface area contributed by atoms with Crippen molar-refractivity contribution < 1.29 is 9.18 Å². The van der Waals surface area contributed by atoms with Crippen molar-refractivity contribution in [1.82, 2.24) is 19.7 Å². The molecular formula is C21H21FN4O. The summed E-state index contributed by atoms with van der Waals surface area (Å²) < 4.78 is 15.4. The van der Waals surface area contributed by atoms with E-state index in [1.165, 1.54) is 12.1 Å². The molecule has 0 spiro atoms. The minimum Gasteiger partial charge on any atom is -0.330 e. The van der Waals surface area contributed by atoms with Gasteiger partial charge in [0.05, 0.1) is 11.7 Å². The van der Waals surface area contributed by atoms with E-state index in [0.29, 0.717) is 12.1 Å². The number of benzene rings is 1. The van der Waals surface area contributed by atoms with Crippen LogP contribution in [0.5, 0.6) is 0 Å². The molecule has 1 aliphatic rings. The number of hydrogen-bond donors (Lipinski definition) is 0. The Labute approximate surface area is 157 Å². The summed E-state index contributed by atoms with van der Waals surface area (Å²) in [4.78, 5) is 19.0. The molecular weight excluding hydrogens is 343 g/mol. The van der Waals surface area contributed by atoms with Crippen molar-refractivity contribution >= 4 is 5.91 Å². The minimum atomic E-state index is -0.398. The van der Waals surface area contributed by atoms with E-state index in [0.717, 1.165) is 36.1 Å². The predicted octanol–water partition coefficient (Wildman–Crippen LogP) is 3.99. The van der Waals surface area contributed by atoms with Gasteiger partial charge < -0.3 is 4.90 Å². The van der Waals surface area contributed by atoms with Crippen LogP contribution in [0.15, 0.2) is 55.0 Å². The number of amides is 1. The number of carbonyl (C=O) groups is 1. The first-order valence-electron chi connectivity index (χ1n) is 9.14. The highest BCUT2D eigenvalue weighted by Crippen LogP contribution is 2.36. The Morgan fingerprint density at radius 3 is 2.78 bits per heavy atom. The summed E-state index contributed by atoms with van der Waals surface area (Å²) in [7, 11) is 1.88. The second kappa shape index (κ2) is 7.31. The van der Waals surface area contributed by atoms with Crippen LogP contribution in [0.1, 0.15) is 41.4 Å². The fourth-order valence-electron chi connectivity index (χ4n) is 3.75. The first kappa shape index (κ1) is 17.4. The van der Waals surface area contributed by atoms with Crippen LogP contribution < -0.4 is 0 Å². The van der Waals surface area contributed by atoms with Gasteiger partial charge in [-0.1, -0.05) is 6.07 Å². The highest BCUT2D eigenvalue weighted by molar-refractivity contribution is 5.94. The van der Waals surface area contributed by atoms with E-state index in [1.807, 2.05) is 30.3 Å². The van der Waals surface area contributed by atoms with Gasteiger partial charge in [-0.3, -0.25) is 14.5 Å². The van der Waals surface area contributed by atoms with Crippen LogP contribution in [0, 0.1) is 5.82 Å². The van der Waals surface area contributed by atoms with Crippen LogP contribution in [0.4, 0.5) is 4.39 Å². The zero-order valence-corrected chi connectivity index (χ0v) is 15.2. The monoisotopic (exact) mass is 364 g/mol. The number of nitrogens with zero attached hydrogens (tertiary/aromatic N) is 4. The van der Waals surface area contributed by atoms with E-state index in [4.69, 9.17) is 0 Å². The Bertz CT molecular complexity index is 954. The molecule has 3 aromatic rings. The Balaban J connectivity index is 1.73. The molecule has 0 radical (unpaired) electrons. The molecule has 1 amide bonds. The third-order valence-electron chi connectivity index (χ3n) is 5.00. The Hall–Kier alpha value is -3.02. The van der Waals surface area contributed by atoms with Crippen molar-refractivity contribution in [1.29, 1.82) is 0 Å². The maximum absolute atomic E-state index is 13.6.